The van der Waals surface area contributed by atoms with E-state index in [0.717, 1.165) is 11.1 Å². The maximum Gasteiger partial charge on any atom is 0.252 e. The highest BCUT2D eigenvalue weighted by Crippen LogP contribution is 2.16. The predicted octanol–water partition coefficient (Wildman–Crippen LogP) is 3.05. The summed E-state index contributed by atoms with van der Waals surface area (Å²) in [5.41, 5.74) is 2.90. The molecule has 1 aromatic heterocycles. The fourth-order valence-corrected chi connectivity index (χ4v) is 2.89. The Morgan fingerprint density at radius 3 is 2.68 bits per heavy atom. The Morgan fingerprint density at radius 1 is 1.23 bits per heavy atom. The smallest absolute Gasteiger partial charge is 0.252 e. The number of hydrogen-bond acceptors (Lipinski definition) is 3. The number of carbonyl (C=O) groups excluding carboxylic acids is 2. The second-order valence-electron chi connectivity index (χ2n) is 5.16. The highest BCUT2D eigenvalue weighted by Gasteiger charge is 2.12. The van der Waals surface area contributed by atoms with Crippen LogP contribution < -0.4 is 10.6 Å². The molecule has 4 nitrogen and oxygen atoms in total. The molecule has 2 aromatic rings. The molecule has 2 amide bonds. The molecule has 0 aliphatic heterocycles. The number of benzene rings is 1. The quantitative estimate of drug-likeness (QED) is 0.860. The molecule has 0 fully saturated rings. The van der Waals surface area contributed by atoms with Crippen LogP contribution in [-0.4, -0.2) is 18.4 Å². The molecule has 1 unspecified atom stereocenters. The van der Waals surface area contributed by atoms with Crippen molar-refractivity contribution < 1.29 is 9.59 Å². The number of amides is 2. The number of carbonyl (C=O) groups is 2. The summed E-state index contributed by atoms with van der Waals surface area (Å²) in [5, 5.41) is 9.34. The van der Waals surface area contributed by atoms with Gasteiger partial charge in [-0.3, -0.25) is 9.59 Å². The summed E-state index contributed by atoms with van der Waals surface area (Å²) in [6.07, 6.45) is 0.270. The lowest BCUT2D eigenvalue weighted by Crippen LogP contribution is -2.32. The summed E-state index contributed by atoms with van der Waals surface area (Å²) in [4.78, 5) is 23.7. The first-order valence-corrected chi connectivity index (χ1v) is 8.17. The lowest BCUT2D eigenvalue weighted by Gasteiger charge is -2.16. The average molecular weight is 316 g/mol. The van der Waals surface area contributed by atoms with E-state index >= 15 is 0 Å². The molecule has 1 aromatic carbocycles. The second kappa shape index (κ2) is 7.75. The van der Waals surface area contributed by atoms with Gasteiger partial charge in [0.2, 0.25) is 5.91 Å². The van der Waals surface area contributed by atoms with Crippen molar-refractivity contribution >= 4 is 23.2 Å². The first-order chi connectivity index (χ1) is 10.6. The van der Waals surface area contributed by atoms with Gasteiger partial charge in [0.05, 0.1) is 6.04 Å². The van der Waals surface area contributed by atoms with Crippen molar-refractivity contribution in [2.24, 2.45) is 0 Å². The van der Waals surface area contributed by atoms with Crippen molar-refractivity contribution in [3.8, 4) is 0 Å². The molecule has 1 atom stereocenters. The van der Waals surface area contributed by atoms with Gasteiger partial charge in [0.15, 0.2) is 0 Å². The zero-order chi connectivity index (χ0) is 15.9. The number of nitrogens with one attached hydrogen (secondary N) is 2. The van der Waals surface area contributed by atoms with Crippen LogP contribution in [-0.2, 0) is 4.79 Å². The number of hydrogen-bond donors (Lipinski definition) is 2. The zero-order valence-corrected chi connectivity index (χ0v) is 13.6. The van der Waals surface area contributed by atoms with Crippen LogP contribution in [0.3, 0.4) is 0 Å². The molecule has 0 aliphatic rings. The maximum absolute atomic E-state index is 11.9. The molecule has 22 heavy (non-hydrogen) atoms. The third kappa shape index (κ3) is 4.43. The third-order valence-electron chi connectivity index (χ3n) is 3.45. The Hall–Kier alpha value is -2.14. The van der Waals surface area contributed by atoms with Gasteiger partial charge in [-0.2, -0.15) is 11.3 Å². The van der Waals surface area contributed by atoms with Gasteiger partial charge in [-0.1, -0.05) is 24.3 Å². The SMILES string of the molecule is Cc1ccccc1C(C)NC(=O)CCNC(=O)c1ccsc1. The lowest BCUT2D eigenvalue weighted by atomic mass is 10.0. The van der Waals surface area contributed by atoms with Crippen LogP contribution in [0.25, 0.3) is 0 Å². The van der Waals surface area contributed by atoms with Crippen LogP contribution in [0.15, 0.2) is 41.1 Å². The number of rotatable bonds is 6. The highest BCUT2D eigenvalue weighted by atomic mass is 32.1. The van der Waals surface area contributed by atoms with Gasteiger partial charge in [0, 0.05) is 23.9 Å². The topological polar surface area (TPSA) is 58.2 Å². The van der Waals surface area contributed by atoms with E-state index in [1.807, 2.05) is 43.5 Å². The van der Waals surface area contributed by atoms with Crippen molar-refractivity contribution in [2.75, 3.05) is 6.54 Å². The van der Waals surface area contributed by atoms with Crippen molar-refractivity contribution in [3.63, 3.8) is 0 Å². The van der Waals surface area contributed by atoms with E-state index in [1.54, 1.807) is 11.4 Å². The van der Waals surface area contributed by atoms with E-state index in [9.17, 15) is 9.59 Å². The summed E-state index contributed by atoms with van der Waals surface area (Å²) in [5.74, 6) is -0.206. The minimum atomic E-state index is -0.138. The van der Waals surface area contributed by atoms with E-state index in [0.29, 0.717) is 12.1 Å². The minimum Gasteiger partial charge on any atom is -0.351 e. The van der Waals surface area contributed by atoms with Crippen LogP contribution >= 0.6 is 11.3 Å². The van der Waals surface area contributed by atoms with Crippen LogP contribution in [0.4, 0.5) is 0 Å². The van der Waals surface area contributed by atoms with Gasteiger partial charge < -0.3 is 10.6 Å². The molecule has 0 radical (unpaired) electrons. The van der Waals surface area contributed by atoms with Gasteiger partial charge in [0.25, 0.3) is 5.91 Å². The van der Waals surface area contributed by atoms with Crippen molar-refractivity contribution in [3.05, 3.63) is 57.8 Å². The maximum atomic E-state index is 11.9. The molecule has 2 N–H and O–H groups in total. The molecule has 0 spiro atoms. The molecule has 0 saturated heterocycles. The second-order valence-corrected chi connectivity index (χ2v) is 5.94. The molecular formula is C17H20N2O2S. The van der Waals surface area contributed by atoms with E-state index in [-0.39, 0.29) is 24.3 Å². The van der Waals surface area contributed by atoms with Gasteiger partial charge in [-0.25, -0.2) is 0 Å². The highest BCUT2D eigenvalue weighted by molar-refractivity contribution is 7.08. The predicted molar refractivity (Wildman–Crippen MR) is 89.0 cm³/mol. The molecule has 1 heterocycles. The van der Waals surface area contributed by atoms with Gasteiger partial charge in [-0.15, -0.1) is 0 Å². The fraction of sp³-hybridized carbons (Fsp3) is 0.294. The van der Waals surface area contributed by atoms with E-state index in [2.05, 4.69) is 10.6 Å². The zero-order valence-electron chi connectivity index (χ0n) is 12.8. The summed E-state index contributed by atoms with van der Waals surface area (Å²) < 4.78 is 0. The summed E-state index contributed by atoms with van der Waals surface area (Å²) in [6.45, 7) is 4.32. The van der Waals surface area contributed by atoms with E-state index < -0.39 is 0 Å². The van der Waals surface area contributed by atoms with Crippen LogP contribution in [0.1, 0.15) is 40.9 Å². The van der Waals surface area contributed by atoms with Gasteiger partial charge in [-0.05, 0) is 36.4 Å². The average Bonchev–Trinajstić information content (AvgIpc) is 3.01. The van der Waals surface area contributed by atoms with Crippen molar-refractivity contribution in [1.29, 1.82) is 0 Å². The fourth-order valence-electron chi connectivity index (χ4n) is 2.25. The molecule has 0 bridgehead atoms. The van der Waals surface area contributed by atoms with Gasteiger partial charge in [0.1, 0.15) is 0 Å². The minimum absolute atomic E-state index is 0.0405. The third-order valence-corrected chi connectivity index (χ3v) is 4.14. The van der Waals surface area contributed by atoms with E-state index in [1.165, 1.54) is 11.3 Å². The molecule has 116 valence electrons. The van der Waals surface area contributed by atoms with Crippen molar-refractivity contribution in [1.82, 2.24) is 10.6 Å². The van der Waals surface area contributed by atoms with Crippen molar-refractivity contribution in [2.45, 2.75) is 26.3 Å². The first-order valence-electron chi connectivity index (χ1n) is 7.23. The molecule has 0 saturated carbocycles. The Bertz CT molecular complexity index is 638. The summed E-state index contributed by atoms with van der Waals surface area (Å²) >= 11 is 1.47. The standard InChI is InChI=1S/C17H20N2O2S/c1-12-5-3-4-6-15(12)13(2)19-16(20)7-9-18-17(21)14-8-10-22-11-14/h3-6,8,10-11,13H,7,9H2,1-2H3,(H,18,21)(H,19,20). The molecular weight excluding hydrogens is 296 g/mol. The first kappa shape index (κ1) is 16.2. The molecule has 0 aliphatic carbocycles. The van der Waals surface area contributed by atoms with Gasteiger partial charge >= 0.3 is 0 Å². The Kier molecular flexibility index (Phi) is 5.72. The Balaban J connectivity index is 1.76. The normalized spacial score (nSPS) is 11.7. The number of thiophene rings is 1. The van der Waals surface area contributed by atoms with Crippen LogP contribution in [0.2, 0.25) is 0 Å². The number of aryl methyl sites for hydroxylation is 1. The van der Waals surface area contributed by atoms with E-state index in [4.69, 9.17) is 0 Å². The Morgan fingerprint density at radius 2 is 2.00 bits per heavy atom. The van der Waals surface area contributed by atoms with Crippen LogP contribution in [0, 0.1) is 6.92 Å². The summed E-state index contributed by atoms with van der Waals surface area (Å²) in [6, 6.07) is 9.71. The largest absolute Gasteiger partial charge is 0.351 e. The monoisotopic (exact) mass is 316 g/mol. The van der Waals surface area contributed by atoms with Crippen LogP contribution in [0.5, 0.6) is 0 Å². The lowest BCUT2D eigenvalue weighted by molar-refractivity contribution is -0.121. The molecule has 5 heteroatoms. The summed E-state index contributed by atoms with van der Waals surface area (Å²) in [7, 11) is 0. The molecule has 2 rings (SSSR count). The Labute approximate surface area is 134 Å².